The number of fused-ring (bicyclic) bond motifs is 1. The van der Waals surface area contributed by atoms with Crippen molar-refractivity contribution in [2.75, 3.05) is 18.1 Å². The molecular weight excluding hydrogens is 318 g/mol. The van der Waals surface area contributed by atoms with Crippen molar-refractivity contribution >= 4 is 27.7 Å². The summed E-state index contributed by atoms with van der Waals surface area (Å²) in [5.41, 5.74) is 3.09. The Morgan fingerprint density at radius 2 is 2.00 bits per heavy atom. The zero-order chi connectivity index (χ0) is 13.1. The third kappa shape index (κ3) is 3.77. The Bertz CT molecular complexity index is 429. The van der Waals surface area contributed by atoms with Gasteiger partial charge in [0.25, 0.3) is 0 Å². The number of aryl methyl sites for hydroxylation is 1. The average Bonchev–Trinajstić information content (AvgIpc) is 2.46. The van der Waals surface area contributed by atoms with Crippen LogP contribution in [0, 0.1) is 5.92 Å². The molecule has 1 aromatic carbocycles. The van der Waals surface area contributed by atoms with E-state index in [4.69, 9.17) is 0 Å². The Balaban J connectivity index is 1.52. The second-order valence-electron chi connectivity index (χ2n) is 5.82. The van der Waals surface area contributed by atoms with E-state index in [0.717, 1.165) is 5.92 Å². The molecule has 1 N–H and O–H groups in total. The Hall–Kier alpha value is 0.01000. The summed E-state index contributed by atoms with van der Waals surface area (Å²) in [5.74, 6) is 3.66. The fourth-order valence-corrected chi connectivity index (χ4v) is 4.79. The van der Waals surface area contributed by atoms with Crippen LogP contribution in [-0.2, 0) is 12.8 Å². The van der Waals surface area contributed by atoms with E-state index in [1.165, 1.54) is 54.6 Å². The third-order valence-corrected chi connectivity index (χ3v) is 5.97. The molecule has 0 amide bonds. The molecule has 104 valence electrons. The van der Waals surface area contributed by atoms with Gasteiger partial charge in [-0.2, -0.15) is 11.8 Å². The molecule has 1 heterocycles. The van der Waals surface area contributed by atoms with E-state index in [0.29, 0.717) is 6.04 Å². The van der Waals surface area contributed by atoms with Crippen LogP contribution in [0.5, 0.6) is 0 Å². The van der Waals surface area contributed by atoms with Crippen molar-refractivity contribution < 1.29 is 0 Å². The Morgan fingerprint density at radius 3 is 2.84 bits per heavy atom. The molecule has 0 bridgehead atoms. The zero-order valence-electron chi connectivity index (χ0n) is 11.3. The van der Waals surface area contributed by atoms with Crippen LogP contribution in [0.4, 0.5) is 0 Å². The molecule has 1 saturated heterocycles. The minimum absolute atomic E-state index is 0.697. The number of benzene rings is 1. The van der Waals surface area contributed by atoms with Crippen molar-refractivity contribution in [3.63, 3.8) is 0 Å². The van der Waals surface area contributed by atoms with Crippen LogP contribution >= 0.6 is 27.7 Å². The smallest absolute Gasteiger partial charge is 0.0178 e. The van der Waals surface area contributed by atoms with Gasteiger partial charge in [-0.1, -0.05) is 22.0 Å². The lowest BCUT2D eigenvalue weighted by atomic mass is 9.88. The molecular formula is C16H22BrNS. The van der Waals surface area contributed by atoms with Crippen LogP contribution < -0.4 is 5.32 Å². The standard InChI is InChI=1S/C16H22BrNS/c17-15-3-1-14-10-16(4-2-13(14)9-15)18-11-12-5-7-19-8-6-12/h1,3,9,12,16,18H,2,4-8,10-11H2. The predicted octanol–water partition coefficient (Wildman–Crippen LogP) is 4.04. The van der Waals surface area contributed by atoms with Crippen molar-refractivity contribution in [3.8, 4) is 0 Å². The fourth-order valence-electron chi connectivity index (χ4n) is 3.18. The van der Waals surface area contributed by atoms with Crippen LogP contribution in [0.3, 0.4) is 0 Å². The summed E-state index contributed by atoms with van der Waals surface area (Å²) in [6.45, 7) is 1.23. The van der Waals surface area contributed by atoms with Crippen molar-refractivity contribution in [1.29, 1.82) is 0 Å². The molecule has 0 aromatic heterocycles. The van der Waals surface area contributed by atoms with Gasteiger partial charge in [-0.15, -0.1) is 0 Å². The summed E-state index contributed by atoms with van der Waals surface area (Å²) in [6, 6.07) is 7.47. The molecule has 3 heteroatoms. The SMILES string of the molecule is Brc1ccc2c(c1)CCC(NCC1CCSCC1)C2. The van der Waals surface area contributed by atoms with E-state index in [9.17, 15) is 0 Å². The van der Waals surface area contributed by atoms with E-state index in [1.54, 1.807) is 11.1 Å². The van der Waals surface area contributed by atoms with Crippen LogP contribution in [-0.4, -0.2) is 24.1 Å². The van der Waals surface area contributed by atoms with Crippen LogP contribution in [0.1, 0.15) is 30.4 Å². The van der Waals surface area contributed by atoms with Crippen LogP contribution in [0.25, 0.3) is 0 Å². The summed E-state index contributed by atoms with van der Waals surface area (Å²) in [6.07, 6.45) is 6.56. The topological polar surface area (TPSA) is 12.0 Å². The molecule has 1 aliphatic carbocycles. The van der Waals surface area contributed by atoms with Gasteiger partial charge < -0.3 is 5.32 Å². The first-order valence-corrected chi connectivity index (χ1v) is 9.34. The molecule has 1 unspecified atom stereocenters. The molecule has 2 aliphatic rings. The maximum atomic E-state index is 3.83. The van der Waals surface area contributed by atoms with Gasteiger partial charge in [-0.25, -0.2) is 0 Å². The van der Waals surface area contributed by atoms with Crippen LogP contribution in [0.2, 0.25) is 0 Å². The highest BCUT2D eigenvalue weighted by Crippen LogP contribution is 2.26. The first-order valence-electron chi connectivity index (χ1n) is 7.39. The van der Waals surface area contributed by atoms with Gasteiger partial charge in [-0.3, -0.25) is 0 Å². The molecule has 1 aliphatic heterocycles. The molecule has 1 atom stereocenters. The highest BCUT2D eigenvalue weighted by atomic mass is 79.9. The lowest BCUT2D eigenvalue weighted by Crippen LogP contribution is -2.38. The van der Waals surface area contributed by atoms with E-state index in [1.807, 2.05) is 0 Å². The van der Waals surface area contributed by atoms with Crippen molar-refractivity contribution in [2.24, 2.45) is 5.92 Å². The van der Waals surface area contributed by atoms with Gasteiger partial charge in [0.15, 0.2) is 0 Å². The highest BCUT2D eigenvalue weighted by molar-refractivity contribution is 9.10. The number of hydrogen-bond acceptors (Lipinski definition) is 2. The number of thioether (sulfide) groups is 1. The van der Waals surface area contributed by atoms with Gasteiger partial charge >= 0.3 is 0 Å². The molecule has 0 spiro atoms. The fraction of sp³-hybridized carbons (Fsp3) is 0.625. The molecule has 3 rings (SSSR count). The van der Waals surface area contributed by atoms with Crippen molar-refractivity contribution in [1.82, 2.24) is 5.32 Å². The normalized spacial score (nSPS) is 24.2. The van der Waals surface area contributed by atoms with Gasteiger partial charge in [0.2, 0.25) is 0 Å². The molecule has 1 nitrogen and oxygen atoms in total. The molecule has 0 saturated carbocycles. The van der Waals surface area contributed by atoms with Crippen molar-refractivity contribution in [3.05, 3.63) is 33.8 Å². The summed E-state index contributed by atoms with van der Waals surface area (Å²) in [7, 11) is 0. The summed E-state index contributed by atoms with van der Waals surface area (Å²) >= 11 is 5.69. The van der Waals surface area contributed by atoms with E-state index >= 15 is 0 Å². The number of hydrogen-bond donors (Lipinski definition) is 1. The lowest BCUT2D eigenvalue weighted by Gasteiger charge is -2.29. The molecule has 19 heavy (non-hydrogen) atoms. The highest BCUT2D eigenvalue weighted by Gasteiger charge is 2.20. The molecule has 0 radical (unpaired) electrons. The molecule has 1 fully saturated rings. The monoisotopic (exact) mass is 339 g/mol. The van der Waals surface area contributed by atoms with E-state index in [2.05, 4.69) is 51.2 Å². The second-order valence-corrected chi connectivity index (χ2v) is 7.96. The number of nitrogens with one attached hydrogen (secondary N) is 1. The number of halogens is 1. The lowest BCUT2D eigenvalue weighted by molar-refractivity contribution is 0.384. The summed E-state index contributed by atoms with van der Waals surface area (Å²) < 4.78 is 1.22. The zero-order valence-corrected chi connectivity index (χ0v) is 13.7. The van der Waals surface area contributed by atoms with Crippen molar-refractivity contribution in [2.45, 2.75) is 38.1 Å². The quantitative estimate of drug-likeness (QED) is 0.891. The number of rotatable bonds is 3. The Morgan fingerprint density at radius 1 is 1.16 bits per heavy atom. The third-order valence-electron chi connectivity index (χ3n) is 4.43. The largest absolute Gasteiger partial charge is 0.313 e. The predicted molar refractivity (Wildman–Crippen MR) is 88.0 cm³/mol. The van der Waals surface area contributed by atoms with Crippen LogP contribution in [0.15, 0.2) is 22.7 Å². The minimum Gasteiger partial charge on any atom is -0.313 e. The second kappa shape index (κ2) is 6.64. The first kappa shape index (κ1) is 14.0. The van der Waals surface area contributed by atoms with E-state index in [-0.39, 0.29) is 0 Å². The average molecular weight is 340 g/mol. The Labute approximate surface area is 129 Å². The maximum Gasteiger partial charge on any atom is 0.0178 e. The summed E-state index contributed by atoms with van der Waals surface area (Å²) in [5, 5.41) is 3.83. The Kier molecular flexibility index (Phi) is 4.88. The molecule has 1 aromatic rings. The maximum absolute atomic E-state index is 3.83. The van der Waals surface area contributed by atoms with Gasteiger partial charge in [0.1, 0.15) is 0 Å². The van der Waals surface area contributed by atoms with E-state index < -0.39 is 0 Å². The first-order chi connectivity index (χ1) is 9.31. The minimum atomic E-state index is 0.697. The van der Waals surface area contributed by atoms with Gasteiger partial charge in [0, 0.05) is 10.5 Å². The van der Waals surface area contributed by atoms with Gasteiger partial charge in [0.05, 0.1) is 0 Å². The van der Waals surface area contributed by atoms with Gasteiger partial charge in [-0.05, 0) is 79.3 Å². The summed E-state index contributed by atoms with van der Waals surface area (Å²) in [4.78, 5) is 0.